The summed E-state index contributed by atoms with van der Waals surface area (Å²) in [5, 5.41) is 0.524. The first-order valence-electron chi connectivity index (χ1n) is 6.28. The number of ether oxygens (including phenoxy) is 1. The van der Waals surface area contributed by atoms with Crippen molar-refractivity contribution in [2.45, 2.75) is 51.6 Å². The van der Waals surface area contributed by atoms with Gasteiger partial charge in [-0.3, -0.25) is 0 Å². The predicted octanol–water partition coefficient (Wildman–Crippen LogP) is 3.67. The zero-order valence-corrected chi connectivity index (χ0v) is 11.4. The lowest BCUT2D eigenvalue weighted by atomic mass is 10.0. The number of hydrogen-bond donors (Lipinski definition) is 0. The highest BCUT2D eigenvalue weighted by atomic mass is 35.5. The van der Waals surface area contributed by atoms with Crippen molar-refractivity contribution in [3.05, 3.63) is 22.7 Å². The van der Waals surface area contributed by atoms with Gasteiger partial charge in [-0.2, -0.15) is 0 Å². The minimum absolute atomic E-state index is 0.427. The lowest BCUT2D eigenvalue weighted by molar-refractivity contribution is -0.0391. The first kappa shape index (κ1) is 12.8. The second-order valence-electron chi connectivity index (χ2n) is 4.73. The van der Waals surface area contributed by atoms with Crippen molar-refractivity contribution in [1.29, 1.82) is 0 Å². The molecule has 0 aromatic carbocycles. The molecule has 94 valence electrons. The summed E-state index contributed by atoms with van der Waals surface area (Å²) in [5.74, 6) is 1.30. The van der Waals surface area contributed by atoms with Gasteiger partial charge >= 0.3 is 0 Å². The molecule has 4 heteroatoms. The third-order valence-electron chi connectivity index (χ3n) is 3.32. The molecule has 1 aromatic heterocycles. The lowest BCUT2D eigenvalue weighted by Gasteiger charge is -2.26. The van der Waals surface area contributed by atoms with Crippen LogP contribution in [0.25, 0.3) is 0 Å². The minimum Gasteiger partial charge on any atom is -0.368 e. The highest BCUT2D eigenvalue weighted by Crippen LogP contribution is 2.40. The highest BCUT2D eigenvalue weighted by Gasteiger charge is 2.32. The van der Waals surface area contributed by atoms with Crippen molar-refractivity contribution in [3.8, 4) is 0 Å². The molecule has 1 saturated carbocycles. The number of aromatic nitrogens is 2. The van der Waals surface area contributed by atoms with Crippen molar-refractivity contribution in [3.63, 3.8) is 0 Å². The predicted molar refractivity (Wildman–Crippen MR) is 68.3 cm³/mol. The summed E-state index contributed by atoms with van der Waals surface area (Å²) in [6.07, 6.45) is 3.26. The molecule has 17 heavy (non-hydrogen) atoms. The highest BCUT2D eigenvalue weighted by molar-refractivity contribution is 6.29. The third kappa shape index (κ3) is 2.78. The third-order valence-corrected chi connectivity index (χ3v) is 3.51. The average molecular weight is 255 g/mol. The average Bonchev–Trinajstić information content (AvgIpc) is 3.12. The van der Waals surface area contributed by atoms with E-state index in [0.717, 1.165) is 17.9 Å². The van der Waals surface area contributed by atoms with Crippen LogP contribution in [0.3, 0.4) is 0 Å². The molecule has 0 amide bonds. The summed E-state index contributed by atoms with van der Waals surface area (Å²) in [4.78, 5) is 8.97. The monoisotopic (exact) mass is 254 g/mol. The van der Waals surface area contributed by atoms with Crippen molar-refractivity contribution in [1.82, 2.24) is 9.97 Å². The van der Waals surface area contributed by atoms with E-state index in [9.17, 15) is 0 Å². The first-order valence-corrected chi connectivity index (χ1v) is 6.65. The van der Waals surface area contributed by atoms with Crippen LogP contribution in [0.4, 0.5) is 0 Å². The Hall–Kier alpha value is -0.670. The Kier molecular flexibility index (Phi) is 3.69. The molecule has 0 saturated heterocycles. The number of nitrogens with zero attached hydrogens (tertiary/aromatic N) is 2. The standard InChI is InChI=1S/C13H19ClN2O/c1-4-13(3,17-5-2)12-15-10(9-6-7-9)8-11(14)16-12/h8-9H,4-7H2,1-3H3. The largest absolute Gasteiger partial charge is 0.368 e. The Balaban J connectivity index is 2.35. The topological polar surface area (TPSA) is 35.0 Å². The van der Waals surface area contributed by atoms with E-state index in [1.807, 2.05) is 19.9 Å². The van der Waals surface area contributed by atoms with Gasteiger partial charge in [0.2, 0.25) is 0 Å². The summed E-state index contributed by atoms with van der Waals surface area (Å²) >= 11 is 6.08. The van der Waals surface area contributed by atoms with Gasteiger partial charge in [0.05, 0.1) is 0 Å². The van der Waals surface area contributed by atoms with Gasteiger partial charge in [-0.15, -0.1) is 0 Å². The van der Waals surface area contributed by atoms with E-state index in [4.69, 9.17) is 16.3 Å². The smallest absolute Gasteiger partial charge is 0.161 e. The maximum atomic E-state index is 6.08. The van der Waals surface area contributed by atoms with Gasteiger partial charge in [-0.05, 0) is 39.2 Å². The van der Waals surface area contributed by atoms with Crippen LogP contribution >= 0.6 is 11.6 Å². The van der Waals surface area contributed by atoms with Crippen LogP contribution < -0.4 is 0 Å². The molecule has 0 radical (unpaired) electrons. The second kappa shape index (κ2) is 4.91. The summed E-state index contributed by atoms with van der Waals surface area (Å²) in [6.45, 7) is 6.74. The minimum atomic E-state index is -0.427. The van der Waals surface area contributed by atoms with Gasteiger partial charge in [-0.25, -0.2) is 9.97 Å². The Bertz CT molecular complexity index is 406. The Morgan fingerprint density at radius 3 is 2.65 bits per heavy atom. The van der Waals surface area contributed by atoms with Gasteiger partial charge in [-0.1, -0.05) is 18.5 Å². The Labute approximate surface area is 108 Å². The Morgan fingerprint density at radius 1 is 1.41 bits per heavy atom. The SMILES string of the molecule is CCOC(C)(CC)c1nc(Cl)cc(C2CC2)n1. The van der Waals surface area contributed by atoms with Crippen molar-refractivity contribution < 1.29 is 4.74 Å². The summed E-state index contributed by atoms with van der Waals surface area (Å²) < 4.78 is 5.79. The van der Waals surface area contributed by atoms with Gasteiger partial charge in [0.1, 0.15) is 10.8 Å². The van der Waals surface area contributed by atoms with Gasteiger partial charge in [0, 0.05) is 18.2 Å². The molecule has 1 atom stereocenters. The lowest BCUT2D eigenvalue weighted by Crippen LogP contribution is -2.28. The van der Waals surface area contributed by atoms with Crippen LogP contribution in [0.15, 0.2) is 6.07 Å². The van der Waals surface area contributed by atoms with Crippen LogP contribution in [0.2, 0.25) is 5.15 Å². The molecule has 1 fully saturated rings. The maximum Gasteiger partial charge on any atom is 0.161 e. The fourth-order valence-corrected chi connectivity index (χ4v) is 2.09. The molecular formula is C13H19ClN2O. The molecule has 3 nitrogen and oxygen atoms in total. The molecular weight excluding hydrogens is 236 g/mol. The molecule has 1 unspecified atom stereocenters. The van der Waals surface area contributed by atoms with E-state index >= 15 is 0 Å². The molecule has 1 aromatic rings. The van der Waals surface area contributed by atoms with E-state index in [1.54, 1.807) is 0 Å². The summed E-state index contributed by atoms with van der Waals surface area (Å²) in [5.41, 5.74) is 0.642. The van der Waals surface area contributed by atoms with Crippen LogP contribution in [0, 0.1) is 0 Å². The molecule has 1 aliphatic rings. The molecule has 1 heterocycles. The number of rotatable bonds is 5. The molecule has 0 N–H and O–H groups in total. The first-order chi connectivity index (χ1) is 8.09. The van der Waals surface area contributed by atoms with Crippen LogP contribution in [-0.2, 0) is 10.3 Å². The van der Waals surface area contributed by atoms with Crippen molar-refractivity contribution in [2.24, 2.45) is 0 Å². The fraction of sp³-hybridized carbons (Fsp3) is 0.692. The van der Waals surface area contributed by atoms with Crippen LogP contribution in [0.5, 0.6) is 0 Å². The van der Waals surface area contributed by atoms with Crippen LogP contribution in [0.1, 0.15) is 57.5 Å². The van der Waals surface area contributed by atoms with Gasteiger partial charge in [0.15, 0.2) is 5.82 Å². The molecule has 2 rings (SSSR count). The zero-order valence-electron chi connectivity index (χ0n) is 10.7. The molecule has 0 bridgehead atoms. The van der Waals surface area contributed by atoms with Crippen molar-refractivity contribution >= 4 is 11.6 Å². The van der Waals surface area contributed by atoms with Crippen molar-refractivity contribution in [2.75, 3.05) is 6.61 Å². The molecule has 0 aliphatic heterocycles. The fourth-order valence-electron chi connectivity index (χ4n) is 1.90. The Morgan fingerprint density at radius 2 is 2.12 bits per heavy atom. The van der Waals surface area contributed by atoms with E-state index < -0.39 is 5.60 Å². The second-order valence-corrected chi connectivity index (χ2v) is 5.12. The van der Waals surface area contributed by atoms with E-state index in [0.29, 0.717) is 17.7 Å². The van der Waals surface area contributed by atoms with E-state index in [2.05, 4.69) is 16.9 Å². The summed E-state index contributed by atoms with van der Waals surface area (Å²) in [7, 11) is 0. The van der Waals surface area contributed by atoms with E-state index in [1.165, 1.54) is 12.8 Å². The quantitative estimate of drug-likeness (QED) is 0.752. The maximum absolute atomic E-state index is 6.08. The number of halogens is 1. The summed E-state index contributed by atoms with van der Waals surface area (Å²) in [6, 6.07) is 1.88. The van der Waals surface area contributed by atoms with E-state index in [-0.39, 0.29) is 0 Å². The molecule has 1 aliphatic carbocycles. The van der Waals surface area contributed by atoms with Gasteiger partial charge in [0.25, 0.3) is 0 Å². The molecule has 0 spiro atoms. The normalized spacial score (nSPS) is 19.1. The zero-order chi connectivity index (χ0) is 12.5. The number of hydrogen-bond acceptors (Lipinski definition) is 3. The van der Waals surface area contributed by atoms with Gasteiger partial charge < -0.3 is 4.74 Å². The van der Waals surface area contributed by atoms with Crippen LogP contribution in [-0.4, -0.2) is 16.6 Å².